The van der Waals surface area contributed by atoms with Gasteiger partial charge in [0.05, 0.1) is 19.0 Å². The molecular weight excluding hydrogens is 416 g/mol. The molecule has 2 aromatic heterocycles. The van der Waals surface area contributed by atoms with Crippen LogP contribution in [0.1, 0.15) is 42.6 Å². The Hall–Kier alpha value is -3.24. The highest BCUT2D eigenvalue weighted by Gasteiger charge is 2.38. The van der Waals surface area contributed by atoms with Gasteiger partial charge < -0.3 is 0 Å². The zero-order chi connectivity index (χ0) is 22.2. The van der Waals surface area contributed by atoms with Crippen molar-refractivity contribution >= 4 is 11.9 Å². The smallest absolute Gasteiger partial charge is 0.293 e. The number of hydrogen-bond acceptors (Lipinski definition) is 4. The number of anilines is 1. The van der Waals surface area contributed by atoms with E-state index in [9.17, 15) is 22.4 Å². The molecule has 3 aromatic rings. The van der Waals surface area contributed by atoms with Crippen LogP contribution in [0.2, 0.25) is 0 Å². The number of amides is 1. The average molecular weight is 436 g/mol. The highest BCUT2D eigenvalue weighted by Crippen LogP contribution is 2.42. The lowest BCUT2D eigenvalue weighted by Crippen LogP contribution is -2.26. The molecule has 0 aliphatic heterocycles. The molecule has 164 valence electrons. The molecule has 1 amide bonds. The summed E-state index contributed by atoms with van der Waals surface area (Å²) in [6, 6.07) is 6.99. The second-order valence-electron chi connectivity index (χ2n) is 7.69. The summed E-state index contributed by atoms with van der Waals surface area (Å²) >= 11 is 0. The molecule has 1 atom stereocenters. The fourth-order valence-electron chi connectivity index (χ4n) is 3.20. The van der Waals surface area contributed by atoms with E-state index in [-0.39, 0.29) is 24.2 Å². The predicted molar refractivity (Wildman–Crippen MR) is 103 cm³/mol. The monoisotopic (exact) mass is 436 g/mol. The van der Waals surface area contributed by atoms with Crippen LogP contribution in [-0.2, 0) is 24.1 Å². The van der Waals surface area contributed by atoms with Crippen LogP contribution in [0.3, 0.4) is 0 Å². The third kappa shape index (κ3) is 5.09. The van der Waals surface area contributed by atoms with Gasteiger partial charge in [-0.15, -0.1) is 5.10 Å². The first-order chi connectivity index (χ1) is 14.7. The largest absolute Gasteiger partial charge is 0.435 e. The van der Waals surface area contributed by atoms with Crippen molar-refractivity contribution in [3.8, 4) is 0 Å². The van der Waals surface area contributed by atoms with Crippen LogP contribution in [0.25, 0.3) is 0 Å². The molecule has 11 heteroatoms. The molecule has 7 nitrogen and oxygen atoms in total. The Morgan fingerprint density at radius 3 is 2.58 bits per heavy atom. The van der Waals surface area contributed by atoms with Gasteiger partial charge in [0.15, 0.2) is 5.69 Å². The summed E-state index contributed by atoms with van der Waals surface area (Å²) in [5.74, 6) is -1.28. The van der Waals surface area contributed by atoms with Gasteiger partial charge in [-0.05, 0) is 36.6 Å². The minimum Gasteiger partial charge on any atom is -0.293 e. The van der Waals surface area contributed by atoms with E-state index in [1.165, 1.54) is 27.8 Å². The molecule has 1 aromatic carbocycles. The number of carbonyl (C=O) groups excluding carboxylic acids is 1. The number of nitrogens with zero attached hydrogens (tertiary/aromatic N) is 5. The van der Waals surface area contributed by atoms with E-state index in [1.807, 2.05) is 0 Å². The molecule has 1 aliphatic rings. The van der Waals surface area contributed by atoms with E-state index in [2.05, 4.69) is 20.5 Å². The molecule has 0 bridgehead atoms. The quantitative estimate of drug-likeness (QED) is 0.571. The summed E-state index contributed by atoms with van der Waals surface area (Å²) in [5, 5.41) is 10.4. The number of halogens is 4. The predicted octanol–water partition coefficient (Wildman–Crippen LogP) is 3.83. The van der Waals surface area contributed by atoms with E-state index in [0.29, 0.717) is 12.2 Å². The van der Waals surface area contributed by atoms with Gasteiger partial charge in [-0.3, -0.25) is 14.8 Å². The van der Waals surface area contributed by atoms with Crippen LogP contribution < -0.4 is 5.32 Å². The maximum atomic E-state index is 13.0. The Bertz CT molecular complexity index is 1070. The van der Waals surface area contributed by atoms with Crippen molar-refractivity contribution in [2.75, 3.05) is 5.32 Å². The summed E-state index contributed by atoms with van der Waals surface area (Å²) in [5.41, 5.74) is 0.376. The van der Waals surface area contributed by atoms with Crippen molar-refractivity contribution in [1.82, 2.24) is 24.5 Å². The van der Waals surface area contributed by atoms with Crippen LogP contribution in [-0.4, -0.2) is 30.5 Å². The molecule has 1 unspecified atom stereocenters. The Balaban J connectivity index is 1.39. The molecule has 1 saturated carbocycles. The summed E-state index contributed by atoms with van der Waals surface area (Å²) < 4.78 is 54.9. The normalized spacial score (nSPS) is 15.1. The van der Waals surface area contributed by atoms with Crippen LogP contribution in [0.15, 0.2) is 36.7 Å². The first kappa shape index (κ1) is 21.0. The van der Waals surface area contributed by atoms with Crippen LogP contribution >= 0.6 is 0 Å². The molecule has 1 fully saturated rings. The van der Waals surface area contributed by atoms with Crippen molar-refractivity contribution in [3.63, 3.8) is 0 Å². The van der Waals surface area contributed by atoms with Crippen molar-refractivity contribution in [1.29, 1.82) is 0 Å². The molecule has 1 N–H and O–H groups in total. The highest BCUT2D eigenvalue weighted by atomic mass is 19.4. The van der Waals surface area contributed by atoms with Gasteiger partial charge in [0.1, 0.15) is 12.1 Å². The van der Waals surface area contributed by atoms with Gasteiger partial charge in [0, 0.05) is 11.6 Å². The Labute approximate surface area is 175 Å². The molecular formula is C20H20F4N6O. The number of benzene rings is 1. The average Bonchev–Trinajstić information content (AvgIpc) is 3.31. The van der Waals surface area contributed by atoms with Gasteiger partial charge in [0.25, 0.3) is 0 Å². The zero-order valence-electron chi connectivity index (χ0n) is 16.6. The molecule has 31 heavy (non-hydrogen) atoms. The van der Waals surface area contributed by atoms with Gasteiger partial charge in [-0.2, -0.15) is 18.3 Å². The number of carbonyl (C=O) groups is 1. The molecule has 2 heterocycles. The highest BCUT2D eigenvalue weighted by molar-refractivity contribution is 5.90. The van der Waals surface area contributed by atoms with Crippen LogP contribution in [0, 0.1) is 11.7 Å². The van der Waals surface area contributed by atoms with Crippen molar-refractivity contribution in [2.24, 2.45) is 5.92 Å². The summed E-state index contributed by atoms with van der Waals surface area (Å²) in [4.78, 5) is 16.5. The third-order valence-corrected chi connectivity index (χ3v) is 5.02. The fourth-order valence-corrected chi connectivity index (χ4v) is 3.20. The summed E-state index contributed by atoms with van der Waals surface area (Å²) in [6.07, 6.45) is -1.46. The van der Waals surface area contributed by atoms with Gasteiger partial charge in [-0.1, -0.05) is 19.1 Å². The SMILES string of the molecule is CC(Cn1nc(C(F)(F)F)cc1C1CC1)C(=O)Nc1ncn(Cc2ccc(F)cc2)n1. The van der Waals surface area contributed by atoms with E-state index in [4.69, 9.17) is 0 Å². The van der Waals surface area contributed by atoms with Crippen molar-refractivity contribution < 1.29 is 22.4 Å². The van der Waals surface area contributed by atoms with E-state index < -0.39 is 23.7 Å². The minimum atomic E-state index is -4.53. The summed E-state index contributed by atoms with van der Waals surface area (Å²) in [6.45, 7) is 1.97. The Morgan fingerprint density at radius 1 is 1.23 bits per heavy atom. The van der Waals surface area contributed by atoms with Gasteiger partial charge in [0.2, 0.25) is 11.9 Å². The molecule has 0 spiro atoms. The molecule has 0 saturated heterocycles. The van der Waals surface area contributed by atoms with Gasteiger partial charge in [-0.25, -0.2) is 14.1 Å². The zero-order valence-corrected chi connectivity index (χ0v) is 16.6. The first-order valence-electron chi connectivity index (χ1n) is 9.79. The van der Waals surface area contributed by atoms with E-state index >= 15 is 0 Å². The Morgan fingerprint density at radius 2 is 1.94 bits per heavy atom. The second kappa shape index (κ2) is 8.12. The lowest BCUT2D eigenvalue weighted by Gasteiger charge is -2.13. The lowest BCUT2D eigenvalue weighted by atomic mass is 10.1. The van der Waals surface area contributed by atoms with E-state index in [1.54, 1.807) is 19.1 Å². The molecule has 4 rings (SSSR count). The number of hydrogen-bond donors (Lipinski definition) is 1. The van der Waals surface area contributed by atoms with Crippen molar-refractivity contribution in [3.05, 3.63) is 59.4 Å². The maximum Gasteiger partial charge on any atom is 0.435 e. The van der Waals surface area contributed by atoms with Crippen LogP contribution in [0.4, 0.5) is 23.5 Å². The Kier molecular flexibility index (Phi) is 5.50. The molecule has 0 radical (unpaired) electrons. The summed E-state index contributed by atoms with van der Waals surface area (Å²) in [7, 11) is 0. The van der Waals surface area contributed by atoms with Crippen molar-refractivity contribution in [2.45, 2.75) is 44.9 Å². The number of rotatable bonds is 7. The number of nitrogens with one attached hydrogen (secondary N) is 1. The minimum absolute atomic E-state index is 0.0179. The second-order valence-corrected chi connectivity index (χ2v) is 7.69. The topological polar surface area (TPSA) is 77.6 Å². The number of aromatic nitrogens is 5. The third-order valence-electron chi connectivity index (χ3n) is 5.02. The fraction of sp³-hybridized carbons (Fsp3) is 0.400. The molecule has 1 aliphatic carbocycles. The lowest BCUT2D eigenvalue weighted by molar-refractivity contribution is -0.141. The van der Waals surface area contributed by atoms with E-state index in [0.717, 1.165) is 24.5 Å². The van der Waals surface area contributed by atoms with Crippen LogP contribution in [0.5, 0.6) is 0 Å². The maximum absolute atomic E-state index is 13.0. The van der Waals surface area contributed by atoms with Gasteiger partial charge >= 0.3 is 6.18 Å². The first-order valence-corrected chi connectivity index (χ1v) is 9.79. The standard InChI is InChI=1S/C20H20F4N6O/c1-12(9-30-16(14-4-5-14)8-17(27-30)20(22,23)24)18(31)26-19-25-11-29(28-19)10-13-2-6-15(21)7-3-13/h2-3,6-8,11-12,14H,4-5,9-10H2,1H3,(H,26,28,31). The number of alkyl halides is 3.